The van der Waals surface area contributed by atoms with Gasteiger partial charge in [0.1, 0.15) is 11.4 Å². The van der Waals surface area contributed by atoms with E-state index in [-0.39, 0.29) is 22.9 Å². The number of nitrogens with zero attached hydrogens (tertiary/aromatic N) is 2. The summed E-state index contributed by atoms with van der Waals surface area (Å²) in [7, 11) is -2.63. The molecule has 0 saturated carbocycles. The highest BCUT2D eigenvalue weighted by Gasteiger charge is 2.44. The molecule has 0 radical (unpaired) electrons. The smallest absolute Gasteiger partial charge is 0.338 e. The Bertz CT molecular complexity index is 1680. The van der Waals surface area contributed by atoms with Crippen LogP contribution in [0.5, 0.6) is 0 Å². The zero-order chi connectivity index (χ0) is 31.2. The van der Waals surface area contributed by atoms with Gasteiger partial charge in [-0.25, -0.2) is 27.9 Å². The maximum absolute atomic E-state index is 14.0. The van der Waals surface area contributed by atoms with E-state index in [0.717, 1.165) is 11.1 Å². The Labute approximate surface area is 258 Å². The van der Waals surface area contributed by atoms with Gasteiger partial charge in [-0.3, -0.25) is 0 Å². The van der Waals surface area contributed by atoms with Crippen LogP contribution in [-0.4, -0.2) is 42.1 Å². The Morgan fingerprint density at radius 2 is 1.45 bits per heavy atom. The van der Waals surface area contributed by atoms with Gasteiger partial charge < -0.3 is 9.84 Å². The van der Waals surface area contributed by atoms with Gasteiger partial charge in [0.15, 0.2) is 0 Å². The van der Waals surface area contributed by atoms with Crippen LogP contribution in [0.15, 0.2) is 114 Å². The largest absolute Gasteiger partial charge is 0.512 e. The lowest BCUT2D eigenvalue weighted by Gasteiger charge is -2.39. The van der Waals surface area contributed by atoms with Crippen LogP contribution in [0.25, 0.3) is 11.3 Å². The molecule has 8 nitrogen and oxygen atoms in total. The van der Waals surface area contributed by atoms with Crippen molar-refractivity contribution >= 4 is 16.0 Å². The standard InChI is InChI=1S/C35H37N3O5S/c1-3-28(29-24-37-34(44(41,42)36-2)38-32(29)27-17-11-6-12-18-27)31-30(39)23-35(43-33(31)40,21-19-25-13-7-4-8-14-25)22-20-26-15-9-5-10-16-26/h4-18,24,28,36,39H,3,19-23H2,1-2H3. The molecule has 1 aliphatic rings. The van der Waals surface area contributed by atoms with Gasteiger partial charge in [-0.15, -0.1) is 0 Å². The number of carbonyl (C=O) groups excluding carboxylic acids is 1. The van der Waals surface area contributed by atoms with Crippen molar-refractivity contribution in [1.82, 2.24) is 14.7 Å². The number of cyclic esters (lactones) is 1. The van der Waals surface area contributed by atoms with Gasteiger partial charge in [0.05, 0.1) is 11.3 Å². The summed E-state index contributed by atoms with van der Waals surface area (Å²) in [5, 5.41) is 11.3. The first kappa shape index (κ1) is 31.1. The van der Waals surface area contributed by atoms with Crippen molar-refractivity contribution in [3.63, 3.8) is 0 Å². The Hall–Kier alpha value is -4.34. The van der Waals surface area contributed by atoms with Crippen molar-refractivity contribution in [2.75, 3.05) is 7.05 Å². The Kier molecular flexibility index (Phi) is 9.56. The molecule has 1 atom stereocenters. The summed E-state index contributed by atoms with van der Waals surface area (Å²) in [5.41, 5.74) is 3.10. The second kappa shape index (κ2) is 13.5. The second-order valence-electron chi connectivity index (χ2n) is 11.1. The van der Waals surface area contributed by atoms with E-state index in [1.54, 1.807) is 0 Å². The number of aliphatic hydroxyl groups is 1. The SMILES string of the molecule is CCC(C1=C(O)CC(CCc2ccccc2)(CCc2ccccc2)OC1=O)c1cnc(S(=O)(=O)NC)nc1-c1ccccc1. The third-order valence-electron chi connectivity index (χ3n) is 8.24. The maximum Gasteiger partial charge on any atom is 0.338 e. The zero-order valence-corrected chi connectivity index (χ0v) is 25.8. The van der Waals surface area contributed by atoms with Crippen LogP contribution in [0.4, 0.5) is 0 Å². The van der Waals surface area contributed by atoms with Gasteiger partial charge in [0.25, 0.3) is 15.2 Å². The topological polar surface area (TPSA) is 118 Å². The van der Waals surface area contributed by atoms with E-state index in [1.165, 1.54) is 13.2 Å². The number of ether oxygens (including phenoxy) is 1. The van der Waals surface area contributed by atoms with Gasteiger partial charge in [0.2, 0.25) is 0 Å². The Balaban J connectivity index is 1.53. The van der Waals surface area contributed by atoms with Gasteiger partial charge in [-0.05, 0) is 50.3 Å². The van der Waals surface area contributed by atoms with Gasteiger partial charge in [-0.1, -0.05) is 97.9 Å². The summed E-state index contributed by atoms with van der Waals surface area (Å²) in [6.45, 7) is 1.90. The van der Waals surface area contributed by atoms with E-state index in [9.17, 15) is 18.3 Å². The highest BCUT2D eigenvalue weighted by Crippen LogP contribution is 2.43. The number of aromatic nitrogens is 2. The number of hydrogen-bond acceptors (Lipinski definition) is 7. The van der Waals surface area contributed by atoms with Gasteiger partial charge in [0, 0.05) is 29.7 Å². The molecule has 0 saturated heterocycles. The normalized spacial score (nSPS) is 15.5. The van der Waals surface area contributed by atoms with Crippen molar-refractivity contribution in [2.45, 2.75) is 62.1 Å². The summed E-state index contributed by atoms with van der Waals surface area (Å²) in [6, 6.07) is 29.2. The predicted octanol–water partition coefficient (Wildman–Crippen LogP) is 6.31. The van der Waals surface area contributed by atoms with Gasteiger partial charge >= 0.3 is 5.97 Å². The van der Waals surface area contributed by atoms with Crippen molar-refractivity contribution in [3.8, 4) is 11.3 Å². The summed E-state index contributed by atoms with van der Waals surface area (Å²) < 4.78 is 33.8. The first-order valence-electron chi connectivity index (χ1n) is 14.8. The molecule has 9 heteroatoms. The molecule has 2 heterocycles. The van der Waals surface area contributed by atoms with Crippen LogP contribution in [-0.2, 0) is 32.4 Å². The first-order valence-corrected chi connectivity index (χ1v) is 16.3. The summed E-state index contributed by atoms with van der Waals surface area (Å²) in [4.78, 5) is 22.5. The van der Waals surface area contributed by atoms with E-state index < -0.39 is 27.5 Å². The first-order chi connectivity index (χ1) is 21.2. The van der Waals surface area contributed by atoms with Crippen molar-refractivity contribution in [1.29, 1.82) is 0 Å². The molecule has 3 aromatic carbocycles. The van der Waals surface area contributed by atoms with E-state index in [2.05, 4.69) is 14.7 Å². The number of sulfonamides is 1. The van der Waals surface area contributed by atoms with Crippen LogP contribution in [0.2, 0.25) is 0 Å². The number of nitrogens with one attached hydrogen (secondary N) is 1. The minimum Gasteiger partial charge on any atom is -0.512 e. The number of aryl methyl sites for hydroxylation is 2. The number of aliphatic hydroxyl groups excluding tert-OH is 1. The molecular weight excluding hydrogens is 574 g/mol. The summed E-state index contributed by atoms with van der Waals surface area (Å²) in [6.07, 6.45) is 4.53. The van der Waals surface area contributed by atoms with Gasteiger partial charge in [-0.2, -0.15) is 0 Å². The fourth-order valence-electron chi connectivity index (χ4n) is 5.84. The fourth-order valence-corrected chi connectivity index (χ4v) is 6.43. The molecule has 2 N–H and O–H groups in total. The monoisotopic (exact) mass is 611 g/mol. The molecular formula is C35H37N3O5S. The van der Waals surface area contributed by atoms with Crippen LogP contribution in [0.3, 0.4) is 0 Å². The molecule has 1 aromatic heterocycles. The lowest BCUT2D eigenvalue weighted by atomic mass is 9.79. The van der Waals surface area contributed by atoms with Crippen molar-refractivity contribution in [2.24, 2.45) is 0 Å². The second-order valence-corrected chi connectivity index (χ2v) is 12.9. The number of rotatable bonds is 12. The molecule has 228 valence electrons. The number of carbonyl (C=O) groups is 1. The third kappa shape index (κ3) is 6.90. The van der Waals surface area contributed by atoms with E-state index in [1.807, 2.05) is 97.9 Å². The van der Waals surface area contributed by atoms with Crippen molar-refractivity contribution < 1.29 is 23.1 Å². The quantitative estimate of drug-likeness (QED) is 0.142. The molecule has 1 aliphatic heterocycles. The van der Waals surface area contributed by atoms with Crippen LogP contribution in [0, 0.1) is 0 Å². The molecule has 0 fully saturated rings. The highest BCUT2D eigenvalue weighted by atomic mass is 32.2. The minimum absolute atomic E-state index is 0.0137. The molecule has 0 bridgehead atoms. The van der Waals surface area contributed by atoms with Crippen LogP contribution < -0.4 is 4.72 Å². The molecule has 4 aromatic rings. The van der Waals surface area contributed by atoms with Crippen molar-refractivity contribution in [3.05, 3.63) is 125 Å². The summed E-state index contributed by atoms with van der Waals surface area (Å²) >= 11 is 0. The predicted molar refractivity (Wildman–Crippen MR) is 169 cm³/mol. The van der Waals surface area contributed by atoms with E-state index in [4.69, 9.17) is 4.74 Å². The molecule has 0 spiro atoms. The van der Waals surface area contributed by atoms with Crippen LogP contribution >= 0.6 is 0 Å². The Morgan fingerprint density at radius 3 is 1.95 bits per heavy atom. The Morgan fingerprint density at radius 1 is 0.909 bits per heavy atom. The lowest BCUT2D eigenvalue weighted by Crippen LogP contribution is -2.42. The lowest BCUT2D eigenvalue weighted by molar-refractivity contribution is -0.161. The maximum atomic E-state index is 14.0. The van der Waals surface area contributed by atoms with Crippen LogP contribution in [0.1, 0.15) is 55.2 Å². The average Bonchev–Trinajstić information content (AvgIpc) is 3.06. The van der Waals surface area contributed by atoms with E-state index >= 15 is 0 Å². The number of hydrogen-bond donors (Lipinski definition) is 2. The minimum atomic E-state index is -3.92. The number of esters is 1. The molecule has 0 aliphatic carbocycles. The third-order valence-corrected chi connectivity index (χ3v) is 9.45. The highest BCUT2D eigenvalue weighted by molar-refractivity contribution is 7.89. The molecule has 5 rings (SSSR count). The average molecular weight is 612 g/mol. The summed E-state index contributed by atoms with van der Waals surface area (Å²) in [5.74, 6) is -1.21. The molecule has 44 heavy (non-hydrogen) atoms. The fraction of sp³-hybridized carbons (Fsp3) is 0.286. The molecule has 1 unspecified atom stereocenters. The zero-order valence-electron chi connectivity index (χ0n) is 24.9. The number of benzene rings is 3. The van der Waals surface area contributed by atoms with E-state index in [0.29, 0.717) is 48.9 Å². The molecule has 0 amide bonds.